The number of carbonyl (C=O) groups excluding carboxylic acids is 1. The maximum Gasteiger partial charge on any atom is 0.254 e. The fourth-order valence-electron chi connectivity index (χ4n) is 8.75. The smallest absolute Gasteiger partial charge is 0.254 e. The normalized spacial score (nSPS) is 24.7. The van der Waals surface area contributed by atoms with Crippen LogP contribution in [0.25, 0.3) is 5.69 Å². The van der Waals surface area contributed by atoms with Crippen molar-refractivity contribution in [1.82, 2.24) is 34.6 Å². The molecule has 1 aromatic carbocycles. The van der Waals surface area contributed by atoms with Gasteiger partial charge in [0.1, 0.15) is 23.9 Å². The fourth-order valence-corrected chi connectivity index (χ4v) is 8.75. The molecule has 4 fully saturated rings. The Morgan fingerprint density at radius 1 is 1.00 bits per heavy atom. The maximum atomic E-state index is 15.4. The van der Waals surface area contributed by atoms with Crippen LogP contribution in [0, 0.1) is 23.1 Å². The summed E-state index contributed by atoms with van der Waals surface area (Å²) >= 11 is 0. The monoisotopic (exact) mass is 666 g/mol. The number of nitrogens with zero attached hydrogens (tertiary/aromatic N) is 8. The molecule has 3 aliphatic carbocycles. The Bertz CT molecular complexity index is 1710. The molecular weight excluding hydrogens is 619 g/mol. The highest BCUT2D eigenvalue weighted by molar-refractivity contribution is 5.95. The molecule has 3 aromatic rings. The Hall–Kier alpha value is -4.08. The van der Waals surface area contributed by atoms with E-state index in [4.69, 9.17) is 4.98 Å². The van der Waals surface area contributed by atoms with Crippen LogP contribution >= 0.6 is 0 Å². The van der Waals surface area contributed by atoms with E-state index in [1.54, 1.807) is 18.6 Å². The lowest BCUT2D eigenvalue weighted by atomic mass is 9.89. The van der Waals surface area contributed by atoms with E-state index in [0.717, 1.165) is 94.0 Å². The standard InChI is InChI=1S/C37H47FN10O/c1-2-32-34-31(20-39)41-23-47(34)33-21-40-37(44-35(33)48(32)28-5-3-4-6-28)43-26-11-14-29(30(38)19-26)36(49)42-25-9-12-27(13-10-25)46-17-15-45(16-18-46)22-24-7-8-24/h11,14,19,21,23-25,27-28,32H,2-10,12-13,15-18,22H2,1H3,(H,42,49)(H,40,43,44)/t25-,27-,32-/m1/s1. The zero-order chi connectivity index (χ0) is 33.5. The molecule has 0 bridgehead atoms. The van der Waals surface area contributed by atoms with E-state index in [1.807, 2.05) is 4.57 Å². The summed E-state index contributed by atoms with van der Waals surface area (Å²) in [6, 6.07) is 7.77. The largest absolute Gasteiger partial charge is 0.349 e. The molecule has 2 N–H and O–H groups in total. The predicted molar refractivity (Wildman–Crippen MR) is 186 cm³/mol. The summed E-state index contributed by atoms with van der Waals surface area (Å²) in [5, 5.41) is 16.1. The Morgan fingerprint density at radius 2 is 1.78 bits per heavy atom. The van der Waals surface area contributed by atoms with Crippen molar-refractivity contribution in [3.63, 3.8) is 0 Å². The predicted octanol–water partition coefficient (Wildman–Crippen LogP) is 5.70. The van der Waals surface area contributed by atoms with E-state index in [9.17, 15) is 10.1 Å². The molecule has 258 valence electrons. The van der Waals surface area contributed by atoms with Gasteiger partial charge in [0.15, 0.2) is 11.5 Å². The van der Waals surface area contributed by atoms with Crippen molar-refractivity contribution in [3.8, 4) is 11.8 Å². The van der Waals surface area contributed by atoms with Gasteiger partial charge in [-0.25, -0.2) is 14.4 Å². The Morgan fingerprint density at radius 3 is 2.47 bits per heavy atom. The van der Waals surface area contributed by atoms with Crippen LogP contribution in [-0.4, -0.2) is 86.1 Å². The third-order valence-electron chi connectivity index (χ3n) is 11.6. The van der Waals surface area contributed by atoms with Gasteiger partial charge in [0.2, 0.25) is 5.95 Å². The van der Waals surface area contributed by atoms with Gasteiger partial charge in [-0.2, -0.15) is 10.2 Å². The molecule has 3 saturated carbocycles. The first-order chi connectivity index (χ1) is 24.0. The Labute approximate surface area is 287 Å². The van der Waals surface area contributed by atoms with Gasteiger partial charge in [-0.3, -0.25) is 14.3 Å². The zero-order valence-electron chi connectivity index (χ0n) is 28.5. The molecule has 5 aliphatic rings. The van der Waals surface area contributed by atoms with Crippen molar-refractivity contribution in [2.75, 3.05) is 42.9 Å². The summed E-state index contributed by atoms with van der Waals surface area (Å²) in [7, 11) is 0. The average Bonchev–Trinajstić information content (AvgIpc) is 3.56. The molecule has 1 amide bonds. The molecule has 8 rings (SSSR count). The molecule has 1 saturated heterocycles. The number of amides is 1. The molecular formula is C37H47FN10O. The number of carbonyl (C=O) groups is 1. The summed E-state index contributed by atoms with van der Waals surface area (Å²) < 4.78 is 17.4. The highest BCUT2D eigenvalue weighted by Crippen LogP contribution is 2.44. The minimum Gasteiger partial charge on any atom is -0.349 e. The van der Waals surface area contributed by atoms with Gasteiger partial charge < -0.3 is 20.4 Å². The number of aromatic nitrogens is 4. The number of benzene rings is 1. The minimum absolute atomic E-state index is 0.0341. The summed E-state index contributed by atoms with van der Waals surface area (Å²) in [6.07, 6.45) is 15.5. The van der Waals surface area contributed by atoms with Crippen LogP contribution in [0.15, 0.2) is 30.7 Å². The van der Waals surface area contributed by atoms with Crippen molar-refractivity contribution in [2.24, 2.45) is 5.92 Å². The topological polar surface area (TPSA) is 118 Å². The Kier molecular flexibility index (Phi) is 8.97. The van der Waals surface area contributed by atoms with Gasteiger partial charge >= 0.3 is 0 Å². The van der Waals surface area contributed by atoms with E-state index in [2.05, 4.69) is 48.3 Å². The summed E-state index contributed by atoms with van der Waals surface area (Å²) in [4.78, 5) is 34.7. The van der Waals surface area contributed by atoms with Crippen molar-refractivity contribution in [1.29, 1.82) is 5.26 Å². The molecule has 0 spiro atoms. The minimum atomic E-state index is -0.580. The molecule has 2 aliphatic heterocycles. The van der Waals surface area contributed by atoms with Gasteiger partial charge in [-0.15, -0.1) is 0 Å². The van der Waals surface area contributed by atoms with Crippen LogP contribution in [0.1, 0.15) is 105 Å². The number of hydrogen-bond acceptors (Lipinski definition) is 9. The van der Waals surface area contributed by atoms with Crippen LogP contribution < -0.4 is 15.5 Å². The van der Waals surface area contributed by atoms with Crippen LogP contribution in [0.3, 0.4) is 0 Å². The van der Waals surface area contributed by atoms with Crippen molar-refractivity contribution < 1.29 is 9.18 Å². The molecule has 49 heavy (non-hydrogen) atoms. The van der Waals surface area contributed by atoms with Crippen molar-refractivity contribution in [2.45, 2.75) is 102 Å². The summed E-state index contributed by atoms with van der Waals surface area (Å²) in [6.45, 7) is 8.03. The number of fused-ring (bicyclic) bond motifs is 3. The highest BCUT2D eigenvalue weighted by atomic mass is 19.1. The third kappa shape index (κ3) is 6.51. The molecule has 11 nitrogen and oxygen atoms in total. The van der Waals surface area contributed by atoms with E-state index in [0.29, 0.717) is 29.4 Å². The van der Waals surface area contributed by atoms with E-state index in [-0.39, 0.29) is 23.6 Å². The SMILES string of the molecule is CC[C@@H]1c2c(C#N)ncn2-c2cnc(Nc3ccc(C(=O)N[C@H]4CC[C@H](N5CCN(CC6CC6)CC5)CC4)c(F)c3)nc2N1C1CCCC1. The van der Waals surface area contributed by atoms with E-state index < -0.39 is 5.82 Å². The quantitative estimate of drug-likeness (QED) is 0.297. The lowest BCUT2D eigenvalue weighted by Gasteiger charge is -2.42. The van der Waals surface area contributed by atoms with Gasteiger partial charge in [0, 0.05) is 56.5 Å². The summed E-state index contributed by atoms with van der Waals surface area (Å²) in [5.74, 6) is 1.13. The van der Waals surface area contributed by atoms with Crippen LogP contribution in [-0.2, 0) is 0 Å². The zero-order valence-corrected chi connectivity index (χ0v) is 28.5. The van der Waals surface area contributed by atoms with E-state index in [1.165, 1.54) is 44.6 Å². The maximum absolute atomic E-state index is 15.4. The number of hydrogen-bond donors (Lipinski definition) is 2. The van der Waals surface area contributed by atoms with Crippen LogP contribution in [0.4, 0.5) is 21.8 Å². The van der Waals surface area contributed by atoms with Gasteiger partial charge in [0.05, 0.1) is 23.5 Å². The molecule has 4 heterocycles. The first kappa shape index (κ1) is 32.1. The average molecular weight is 667 g/mol. The second kappa shape index (κ2) is 13.7. The molecule has 0 radical (unpaired) electrons. The lowest BCUT2D eigenvalue weighted by Crippen LogP contribution is -2.52. The number of imidazole rings is 1. The Balaban J connectivity index is 0.911. The van der Waals surface area contributed by atoms with Gasteiger partial charge in [-0.05, 0) is 81.9 Å². The number of nitriles is 1. The first-order valence-electron chi connectivity index (χ1n) is 18.5. The number of nitrogens with one attached hydrogen (secondary N) is 2. The first-order valence-corrected chi connectivity index (χ1v) is 18.5. The fraction of sp³-hybridized carbons (Fsp3) is 0.595. The summed E-state index contributed by atoms with van der Waals surface area (Å²) in [5.41, 5.74) is 2.62. The molecule has 12 heteroatoms. The van der Waals surface area contributed by atoms with E-state index >= 15 is 4.39 Å². The van der Waals surface area contributed by atoms with Crippen molar-refractivity contribution in [3.05, 3.63) is 53.5 Å². The van der Waals surface area contributed by atoms with Gasteiger partial charge in [0.25, 0.3) is 5.91 Å². The van der Waals surface area contributed by atoms with Crippen LogP contribution in [0.5, 0.6) is 0 Å². The second-order valence-corrected chi connectivity index (χ2v) is 14.7. The van der Waals surface area contributed by atoms with Crippen LogP contribution in [0.2, 0.25) is 0 Å². The number of anilines is 3. The number of halogens is 1. The number of piperazine rings is 1. The highest BCUT2D eigenvalue weighted by Gasteiger charge is 2.39. The van der Waals surface area contributed by atoms with Crippen molar-refractivity contribution >= 4 is 23.4 Å². The lowest BCUT2D eigenvalue weighted by molar-refractivity contribution is 0.0693. The van der Waals surface area contributed by atoms with Gasteiger partial charge in [-0.1, -0.05) is 19.8 Å². The second-order valence-electron chi connectivity index (χ2n) is 14.7. The third-order valence-corrected chi connectivity index (χ3v) is 11.6. The molecule has 2 aromatic heterocycles. The molecule has 0 unspecified atom stereocenters. The molecule has 1 atom stereocenters. The number of rotatable bonds is 9.